The summed E-state index contributed by atoms with van der Waals surface area (Å²) in [5.41, 5.74) is 2.60. The normalized spacial score (nSPS) is 15.8. The maximum Gasteiger partial charge on any atom is 0.186 e. The van der Waals surface area contributed by atoms with E-state index in [1.807, 2.05) is 61.5 Å². The van der Waals surface area contributed by atoms with E-state index in [0.717, 1.165) is 59.9 Å². The molecule has 33 heavy (non-hydrogen) atoms. The number of aromatic nitrogens is 4. The van der Waals surface area contributed by atoms with E-state index in [9.17, 15) is 0 Å². The van der Waals surface area contributed by atoms with Crippen molar-refractivity contribution in [3.8, 4) is 34.6 Å². The fourth-order valence-corrected chi connectivity index (χ4v) is 4.22. The minimum Gasteiger partial charge on any atom is -0.457 e. The zero-order chi connectivity index (χ0) is 22.5. The lowest BCUT2D eigenvalue weighted by molar-refractivity contribution is 0.438. The maximum atomic E-state index is 5.93. The van der Waals surface area contributed by atoms with E-state index in [2.05, 4.69) is 42.2 Å². The second kappa shape index (κ2) is 9.72. The average Bonchev–Trinajstić information content (AvgIpc) is 3.30. The summed E-state index contributed by atoms with van der Waals surface area (Å²) in [7, 11) is 0. The molecule has 1 saturated heterocycles. The minimum absolute atomic E-state index is 0.384. The van der Waals surface area contributed by atoms with Gasteiger partial charge in [0.25, 0.3) is 0 Å². The molecular weight excluding hydrogens is 412 g/mol. The van der Waals surface area contributed by atoms with E-state index >= 15 is 0 Å². The number of ether oxygens (including phenoxy) is 1. The first kappa shape index (κ1) is 21.0. The van der Waals surface area contributed by atoms with Crippen molar-refractivity contribution in [1.82, 2.24) is 25.5 Å². The second-order valence-corrected chi connectivity index (χ2v) is 8.03. The number of nitrogens with zero attached hydrogens (tertiary/aromatic N) is 4. The zero-order valence-corrected chi connectivity index (χ0v) is 18.6. The summed E-state index contributed by atoms with van der Waals surface area (Å²) in [5.74, 6) is 8.55. The molecule has 1 aliphatic heterocycles. The number of anilines is 1. The molecule has 0 unspecified atom stereocenters. The molecule has 0 aliphatic carbocycles. The van der Waals surface area contributed by atoms with Crippen LogP contribution < -0.4 is 15.0 Å². The lowest BCUT2D eigenvalue weighted by Gasteiger charge is -2.34. The lowest BCUT2D eigenvalue weighted by Crippen LogP contribution is -2.46. The van der Waals surface area contributed by atoms with Crippen LogP contribution in [0.2, 0.25) is 0 Å². The fourth-order valence-electron chi connectivity index (χ4n) is 4.22. The van der Waals surface area contributed by atoms with Gasteiger partial charge < -0.3 is 15.0 Å². The molecule has 1 aliphatic rings. The van der Waals surface area contributed by atoms with Crippen LogP contribution in [0, 0.1) is 11.8 Å². The first-order valence-corrected chi connectivity index (χ1v) is 11.2. The van der Waals surface area contributed by atoms with Gasteiger partial charge in [-0.3, -0.25) is 5.10 Å². The van der Waals surface area contributed by atoms with E-state index in [0.29, 0.717) is 18.2 Å². The SMILES string of the molecule is CC#CCN[C@@H]1CCCN(c2ncnc3n[nH]c(-c4ccc(Oc5ccccc5)cc4)c23)C1. The highest BCUT2D eigenvalue weighted by Crippen LogP contribution is 2.34. The summed E-state index contributed by atoms with van der Waals surface area (Å²) in [4.78, 5) is 11.4. The van der Waals surface area contributed by atoms with Crippen LogP contribution in [-0.2, 0) is 0 Å². The highest BCUT2D eigenvalue weighted by Gasteiger charge is 2.24. The van der Waals surface area contributed by atoms with E-state index in [-0.39, 0.29) is 0 Å². The smallest absolute Gasteiger partial charge is 0.186 e. The number of fused-ring (bicyclic) bond motifs is 1. The maximum absolute atomic E-state index is 5.93. The number of aromatic amines is 1. The third-order valence-electron chi connectivity index (χ3n) is 5.83. The molecule has 0 radical (unpaired) electrons. The third-order valence-corrected chi connectivity index (χ3v) is 5.83. The molecular formula is C26H26N6O. The molecule has 2 N–H and O–H groups in total. The summed E-state index contributed by atoms with van der Waals surface area (Å²) in [5, 5.41) is 12.1. The molecule has 0 saturated carbocycles. The standard InChI is InChI=1S/C26H26N6O/c1-2-3-15-27-20-8-7-16-32(17-20)26-23-24(30-31-25(23)28-18-29-26)19-11-13-22(14-12-19)33-21-9-5-4-6-10-21/h4-6,9-14,18,20,27H,7-8,15-17H2,1H3,(H,28,29,30,31)/t20-/m1/s1. The Labute approximate surface area is 193 Å². The Morgan fingerprint density at radius 1 is 1.09 bits per heavy atom. The first-order chi connectivity index (χ1) is 16.3. The number of rotatable bonds is 6. The van der Waals surface area contributed by atoms with Crippen LogP contribution in [-0.4, -0.2) is 45.8 Å². The molecule has 0 spiro atoms. The molecule has 1 atom stereocenters. The first-order valence-electron chi connectivity index (χ1n) is 11.2. The predicted molar refractivity (Wildman–Crippen MR) is 130 cm³/mol. The average molecular weight is 439 g/mol. The number of para-hydroxylation sites is 1. The van der Waals surface area contributed by atoms with Crippen LogP contribution in [0.25, 0.3) is 22.3 Å². The van der Waals surface area contributed by atoms with E-state index in [1.54, 1.807) is 6.33 Å². The van der Waals surface area contributed by atoms with Crippen LogP contribution in [0.1, 0.15) is 19.8 Å². The Bertz CT molecular complexity index is 1270. The van der Waals surface area contributed by atoms with E-state index in [4.69, 9.17) is 4.74 Å². The summed E-state index contributed by atoms with van der Waals surface area (Å²) in [6.45, 7) is 4.42. The molecule has 4 aromatic rings. The predicted octanol–water partition coefficient (Wildman–Crippen LogP) is 4.39. The van der Waals surface area contributed by atoms with Gasteiger partial charge in [0.15, 0.2) is 5.65 Å². The van der Waals surface area contributed by atoms with Crippen molar-refractivity contribution in [1.29, 1.82) is 0 Å². The van der Waals surface area contributed by atoms with Crippen molar-refractivity contribution in [3.05, 3.63) is 60.9 Å². The molecule has 5 rings (SSSR count). The fraction of sp³-hybridized carbons (Fsp3) is 0.269. The van der Waals surface area contributed by atoms with Gasteiger partial charge in [0.2, 0.25) is 0 Å². The Morgan fingerprint density at radius 2 is 1.91 bits per heavy atom. The van der Waals surface area contributed by atoms with Gasteiger partial charge in [-0.15, -0.1) is 5.92 Å². The topological polar surface area (TPSA) is 79.0 Å². The molecule has 7 heteroatoms. The van der Waals surface area contributed by atoms with E-state index < -0.39 is 0 Å². The molecule has 7 nitrogen and oxygen atoms in total. The molecule has 0 bridgehead atoms. The largest absolute Gasteiger partial charge is 0.457 e. The van der Waals surface area contributed by atoms with Gasteiger partial charge in [-0.25, -0.2) is 9.97 Å². The van der Waals surface area contributed by atoms with Crippen LogP contribution >= 0.6 is 0 Å². The van der Waals surface area contributed by atoms with Crippen LogP contribution in [0.5, 0.6) is 11.5 Å². The van der Waals surface area contributed by atoms with Gasteiger partial charge in [-0.05, 0) is 56.2 Å². The molecule has 1 fully saturated rings. The Kier molecular flexibility index (Phi) is 6.18. The molecule has 2 aromatic heterocycles. The van der Waals surface area contributed by atoms with Crippen molar-refractivity contribution < 1.29 is 4.74 Å². The summed E-state index contributed by atoms with van der Waals surface area (Å²) in [6.07, 6.45) is 3.83. The van der Waals surface area contributed by atoms with Crippen molar-refractivity contribution in [2.24, 2.45) is 0 Å². The number of nitrogens with one attached hydrogen (secondary N) is 2. The number of H-pyrrole nitrogens is 1. The van der Waals surface area contributed by atoms with Crippen molar-refractivity contribution in [3.63, 3.8) is 0 Å². The van der Waals surface area contributed by atoms with Crippen molar-refractivity contribution in [2.75, 3.05) is 24.5 Å². The van der Waals surface area contributed by atoms with Gasteiger partial charge in [-0.2, -0.15) is 5.10 Å². The molecule has 166 valence electrons. The highest BCUT2D eigenvalue weighted by molar-refractivity contribution is 5.99. The van der Waals surface area contributed by atoms with Crippen molar-refractivity contribution in [2.45, 2.75) is 25.8 Å². The van der Waals surface area contributed by atoms with Gasteiger partial charge in [0, 0.05) is 24.7 Å². The van der Waals surface area contributed by atoms with Crippen LogP contribution in [0.4, 0.5) is 5.82 Å². The summed E-state index contributed by atoms with van der Waals surface area (Å²) < 4.78 is 5.93. The third kappa shape index (κ3) is 4.66. The van der Waals surface area contributed by atoms with Gasteiger partial charge in [0.1, 0.15) is 23.6 Å². The minimum atomic E-state index is 0.384. The Balaban J connectivity index is 1.41. The van der Waals surface area contributed by atoms with Gasteiger partial charge in [-0.1, -0.05) is 24.1 Å². The monoisotopic (exact) mass is 438 g/mol. The quantitative estimate of drug-likeness (QED) is 0.435. The van der Waals surface area contributed by atoms with Gasteiger partial charge in [0.05, 0.1) is 17.6 Å². The molecule has 3 heterocycles. The van der Waals surface area contributed by atoms with Crippen molar-refractivity contribution >= 4 is 16.9 Å². The number of benzene rings is 2. The number of piperidine rings is 1. The van der Waals surface area contributed by atoms with Gasteiger partial charge >= 0.3 is 0 Å². The number of hydrogen-bond acceptors (Lipinski definition) is 6. The Hall–Kier alpha value is -3.89. The highest BCUT2D eigenvalue weighted by atomic mass is 16.5. The lowest BCUT2D eigenvalue weighted by atomic mass is 10.0. The number of hydrogen-bond donors (Lipinski definition) is 2. The molecule has 0 amide bonds. The Morgan fingerprint density at radius 3 is 2.73 bits per heavy atom. The van der Waals surface area contributed by atoms with E-state index in [1.165, 1.54) is 0 Å². The summed E-state index contributed by atoms with van der Waals surface area (Å²) in [6, 6.07) is 18.2. The summed E-state index contributed by atoms with van der Waals surface area (Å²) >= 11 is 0. The zero-order valence-electron chi connectivity index (χ0n) is 18.6. The molecule has 2 aromatic carbocycles. The van der Waals surface area contributed by atoms with Crippen LogP contribution in [0.3, 0.4) is 0 Å². The van der Waals surface area contributed by atoms with Crippen LogP contribution in [0.15, 0.2) is 60.9 Å². The second-order valence-electron chi connectivity index (χ2n) is 8.03.